The minimum atomic E-state index is -0.480. The normalized spacial score (nSPS) is 21.9. The Hall–Kier alpha value is -3.07. The van der Waals surface area contributed by atoms with Gasteiger partial charge in [0.05, 0.1) is 39.2 Å². The third-order valence-corrected chi connectivity index (χ3v) is 7.52. The van der Waals surface area contributed by atoms with Gasteiger partial charge in [-0.2, -0.15) is 15.0 Å². The summed E-state index contributed by atoms with van der Waals surface area (Å²) < 4.78 is 14.4. The van der Waals surface area contributed by atoms with E-state index < -0.39 is 5.54 Å². The number of amides is 1. The molecule has 9 heteroatoms. The number of benzene rings is 2. The number of nitrogens with zero attached hydrogens (tertiary/aromatic N) is 5. The molecule has 1 saturated carbocycles. The number of imidazole rings is 1. The number of H-pyrrole nitrogens is 1. The maximum atomic E-state index is 14.0. The number of likely N-dealkylation sites (tertiary alicyclic amines) is 1. The number of aromatic nitrogens is 5. The zero-order valence-electron chi connectivity index (χ0n) is 17.6. The number of hydrogen-bond acceptors (Lipinski definition) is 4. The molecule has 4 aromatic rings. The molecule has 32 heavy (non-hydrogen) atoms. The largest absolute Gasteiger partial charge is 0.340 e. The highest BCUT2D eigenvalue weighted by Gasteiger charge is 2.66. The first-order valence-electron chi connectivity index (χ1n) is 10.5. The minimum Gasteiger partial charge on any atom is -0.340 e. The predicted molar refractivity (Wildman–Crippen MR) is 120 cm³/mol. The lowest BCUT2D eigenvalue weighted by molar-refractivity contribution is 0.0680. The number of hydrogen-bond donors (Lipinski definition) is 1. The third kappa shape index (κ3) is 2.70. The molecule has 0 spiro atoms. The van der Waals surface area contributed by atoms with E-state index in [1.807, 2.05) is 30.9 Å². The van der Waals surface area contributed by atoms with Gasteiger partial charge in [-0.25, -0.2) is 9.37 Å². The lowest BCUT2D eigenvalue weighted by Crippen LogP contribution is -2.39. The van der Waals surface area contributed by atoms with Crippen molar-refractivity contribution in [3.05, 3.63) is 69.5 Å². The summed E-state index contributed by atoms with van der Waals surface area (Å²) in [5.41, 5.74) is 4.17. The molecular formula is C23H20BrFN6O. The summed E-state index contributed by atoms with van der Waals surface area (Å²) in [6.45, 7) is 4.66. The van der Waals surface area contributed by atoms with Crippen LogP contribution in [0, 0.1) is 25.6 Å². The molecular weight excluding hydrogens is 475 g/mol. The van der Waals surface area contributed by atoms with Crippen molar-refractivity contribution in [2.75, 3.05) is 6.54 Å². The monoisotopic (exact) mass is 494 g/mol. The van der Waals surface area contributed by atoms with Crippen LogP contribution in [-0.4, -0.2) is 42.3 Å². The summed E-state index contributed by atoms with van der Waals surface area (Å²) in [4.78, 5) is 25.4. The van der Waals surface area contributed by atoms with E-state index >= 15 is 0 Å². The Morgan fingerprint density at radius 3 is 2.69 bits per heavy atom. The molecule has 2 aliphatic rings. The van der Waals surface area contributed by atoms with Crippen LogP contribution in [-0.2, 0) is 5.54 Å². The Labute approximate surface area is 191 Å². The van der Waals surface area contributed by atoms with E-state index in [2.05, 4.69) is 31.1 Å². The average molecular weight is 495 g/mol. The highest BCUT2D eigenvalue weighted by Crippen LogP contribution is 2.62. The fourth-order valence-corrected chi connectivity index (χ4v) is 5.34. The van der Waals surface area contributed by atoms with E-state index in [1.165, 1.54) is 10.9 Å². The van der Waals surface area contributed by atoms with Gasteiger partial charge < -0.3 is 9.88 Å². The van der Waals surface area contributed by atoms with Crippen molar-refractivity contribution < 1.29 is 9.18 Å². The van der Waals surface area contributed by atoms with Gasteiger partial charge in [0.15, 0.2) is 0 Å². The molecule has 1 amide bonds. The lowest BCUT2D eigenvalue weighted by Gasteiger charge is -2.28. The van der Waals surface area contributed by atoms with Gasteiger partial charge in [0.1, 0.15) is 17.2 Å². The summed E-state index contributed by atoms with van der Waals surface area (Å²) in [5.74, 6) is 0.665. The SMILES string of the molecule is Cc1cc(C(=O)N2CC[C@@H]3C[C@@]32c2nc3cc(Br)c(F)cc3[nH]2)c(-n2nccn2)cc1C. The molecule has 0 unspecified atom stereocenters. The summed E-state index contributed by atoms with van der Waals surface area (Å²) >= 11 is 3.23. The molecule has 162 valence electrons. The van der Waals surface area contributed by atoms with Crippen molar-refractivity contribution in [2.45, 2.75) is 32.2 Å². The third-order valence-electron chi connectivity index (χ3n) is 6.91. The number of halogens is 2. The van der Waals surface area contributed by atoms with Crippen LogP contribution in [0.25, 0.3) is 16.7 Å². The Morgan fingerprint density at radius 1 is 1.19 bits per heavy atom. The number of carbonyl (C=O) groups is 1. The van der Waals surface area contributed by atoms with E-state index in [4.69, 9.17) is 4.98 Å². The number of nitrogens with one attached hydrogen (secondary N) is 1. The van der Waals surface area contributed by atoms with Crippen molar-refractivity contribution in [1.82, 2.24) is 29.9 Å². The molecule has 1 N–H and O–H groups in total. The van der Waals surface area contributed by atoms with Crippen molar-refractivity contribution in [3.63, 3.8) is 0 Å². The van der Waals surface area contributed by atoms with Crippen molar-refractivity contribution in [2.24, 2.45) is 5.92 Å². The van der Waals surface area contributed by atoms with Crippen LogP contribution in [0.3, 0.4) is 0 Å². The summed E-state index contributed by atoms with van der Waals surface area (Å²) in [5, 5.41) is 8.51. The van der Waals surface area contributed by atoms with Crippen molar-refractivity contribution in [1.29, 1.82) is 0 Å². The minimum absolute atomic E-state index is 0.0618. The molecule has 3 heterocycles. The number of fused-ring (bicyclic) bond motifs is 2. The standard InChI is InChI=1S/C23H20BrFN6O/c1-12-7-15(20(8-13(12)2)31-26-4-5-27-31)21(32)30-6-3-14-11-23(14,30)22-28-18-9-16(24)17(25)10-19(18)29-22/h4-5,7-10,14H,3,6,11H2,1-2H3,(H,28,29)/t14-,23+/m1/s1. The van der Waals surface area contributed by atoms with Gasteiger partial charge in [0.25, 0.3) is 5.91 Å². The Kier molecular flexibility index (Phi) is 4.11. The second-order valence-corrected chi connectivity index (χ2v) is 9.57. The van der Waals surface area contributed by atoms with Crippen LogP contribution in [0.1, 0.15) is 40.2 Å². The number of rotatable bonds is 3. The topological polar surface area (TPSA) is 79.7 Å². The fraction of sp³-hybridized carbons (Fsp3) is 0.304. The molecule has 1 aliphatic heterocycles. The van der Waals surface area contributed by atoms with Crippen LogP contribution >= 0.6 is 15.9 Å². The molecule has 0 bridgehead atoms. The van der Waals surface area contributed by atoms with Crippen LogP contribution in [0.2, 0.25) is 0 Å². The molecule has 2 fully saturated rings. The van der Waals surface area contributed by atoms with Gasteiger partial charge in [-0.05, 0) is 77.9 Å². The maximum Gasteiger partial charge on any atom is 0.256 e. The summed E-state index contributed by atoms with van der Waals surface area (Å²) in [6, 6.07) is 6.99. The van der Waals surface area contributed by atoms with Gasteiger partial charge in [0.2, 0.25) is 0 Å². The molecule has 2 aromatic carbocycles. The number of aromatic amines is 1. The average Bonchev–Trinajstić information content (AvgIpc) is 3.17. The quantitative estimate of drug-likeness (QED) is 0.457. The maximum absolute atomic E-state index is 14.0. The smallest absolute Gasteiger partial charge is 0.256 e. The molecule has 1 saturated heterocycles. The first-order valence-corrected chi connectivity index (χ1v) is 11.3. The zero-order chi connectivity index (χ0) is 22.2. The molecule has 0 radical (unpaired) electrons. The van der Waals surface area contributed by atoms with Gasteiger partial charge in [-0.1, -0.05) is 0 Å². The van der Waals surface area contributed by atoms with Crippen LogP contribution in [0.4, 0.5) is 4.39 Å². The molecule has 7 nitrogen and oxygen atoms in total. The van der Waals surface area contributed by atoms with E-state index in [9.17, 15) is 9.18 Å². The number of piperidine rings is 1. The summed E-state index contributed by atoms with van der Waals surface area (Å²) in [7, 11) is 0. The predicted octanol–water partition coefficient (Wildman–Crippen LogP) is 4.42. The molecule has 6 rings (SSSR count). The van der Waals surface area contributed by atoms with Gasteiger partial charge >= 0.3 is 0 Å². The van der Waals surface area contributed by atoms with Crippen LogP contribution in [0.5, 0.6) is 0 Å². The van der Waals surface area contributed by atoms with Gasteiger partial charge in [-0.3, -0.25) is 4.79 Å². The van der Waals surface area contributed by atoms with Crippen molar-refractivity contribution >= 4 is 32.9 Å². The second kappa shape index (κ2) is 6.71. The Bertz CT molecular complexity index is 1360. The summed E-state index contributed by atoms with van der Waals surface area (Å²) in [6.07, 6.45) is 4.97. The lowest BCUT2D eigenvalue weighted by atomic mass is 10.0. The van der Waals surface area contributed by atoms with E-state index in [0.29, 0.717) is 39.2 Å². The molecule has 2 atom stereocenters. The number of aryl methyl sites for hydroxylation is 2. The fourth-order valence-electron chi connectivity index (χ4n) is 5.01. The molecule has 1 aliphatic carbocycles. The van der Waals surface area contributed by atoms with Crippen LogP contribution < -0.4 is 0 Å². The van der Waals surface area contributed by atoms with E-state index in [1.54, 1.807) is 18.5 Å². The van der Waals surface area contributed by atoms with Crippen molar-refractivity contribution in [3.8, 4) is 5.69 Å². The first kappa shape index (κ1) is 19.6. The Balaban J connectivity index is 1.45. The van der Waals surface area contributed by atoms with E-state index in [-0.39, 0.29) is 11.7 Å². The Morgan fingerprint density at radius 2 is 1.94 bits per heavy atom. The highest BCUT2D eigenvalue weighted by molar-refractivity contribution is 9.10. The highest BCUT2D eigenvalue weighted by atomic mass is 79.9. The first-order chi connectivity index (χ1) is 15.4. The zero-order valence-corrected chi connectivity index (χ0v) is 19.1. The van der Waals surface area contributed by atoms with Gasteiger partial charge in [-0.15, -0.1) is 0 Å². The molecule has 2 aromatic heterocycles. The van der Waals surface area contributed by atoms with Gasteiger partial charge in [0, 0.05) is 12.6 Å². The van der Waals surface area contributed by atoms with Crippen LogP contribution in [0.15, 0.2) is 41.1 Å². The number of carbonyl (C=O) groups excluding carboxylic acids is 1. The van der Waals surface area contributed by atoms with E-state index in [0.717, 1.165) is 29.8 Å². The second-order valence-electron chi connectivity index (χ2n) is 8.71.